The number of ether oxygens (including phenoxy) is 3. The molecule has 1 amide bonds. The minimum absolute atomic E-state index is 0.0178. The molecule has 6 nitrogen and oxygen atoms in total. The molecule has 35 heavy (non-hydrogen) atoms. The van der Waals surface area contributed by atoms with Crippen LogP contribution < -0.4 is 14.8 Å². The summed E-state index contributed by atoms with van der Waals surface area (Å²) in [6.07, 6.45) is 3.12. The van der Waals surface area contributed by atoms with Crippen molar-refractivity contribution in [1.29, 1.82) is 0 Å². The lowest BCUT2D eigenvalue weighted by Crippen LogP contribution is -2.12. The standard InChI is InChI=1S/C28H31NO5S/c1-7-33-28(31)26-22(21-11-8-18(4)19(5)14-21)16-35-27(26)29-25(30)13-10-20-9-12-23(34-17(2)3)24(15-20)32-6/h8-17H,7H2,1-6H3,(H,29,30). The number of nitrogens with one attached hydrogen (secondary N) is 1. The van der Waals surface area contributed by atoms with Crippen molar-refractivity contribution < 1.29 is 23.8 Å². The zero-order valence-electron chi connectivity index (χ0n) is 20.9. The summed E-state index contributed by atoms with van der Waals surface area (Å²) < 4.78 is 16.4. The molecule has 0 aliphatic rings. The van der Waals surface area contributed by atoms with Gasteiger partial charge in [0.2, 0.25) is 5.91 Å². The van der Waals surface area contributed by atoms with Crippen molar-refractivity contribution in [3.05, 3.63) is 70.1 Å². The van der Waals surface area contributed by atoms with Gasteiger partial charge >= 0.3 is 5.97 Å². The van der Waals surface area contributed by atoms with Gasteiger partial charge in [0, 0.05) is 17.0 Å². The number of carbonyl (C=O) groups is 2. The van der Waals surface area contributed by atoms with E-state index in [2.05, 4.69) is 5.32 Å². The molecule has 0 spiro atoms. The van der Waals surface area contributed by atoms with Crippen LogP contribution in [0.15, 0.2) is 47.9 Å². The van der Waals surface area contributed by atoms with Crippen LogP contribution in [0.1, 0.15) is 47.8 Å². The van der Waals surface area contributed by atoms with E-state index in [1.807, 2.05) is 63.4 Å². The summed E-state index contributed by atoms with van der Waals surface area (Å²) in [5.41, 5.74) is 5.07. The number of aryl methyl sites for hydroxylation is 2. The maximum atomic E-state index is 12.8. The fourth-order valence-corrected chi connectivity index (χ4v) is 4.40. The van der Waals surface area contributed by atoms with Crippen molar-refractivity contribution in [3.8, 4) is 22.6 Å². The topological polar surface area (TPSA) is 73.9 Å². The number of hydrogen-bond acceptors (Lipinski definition) is 6. The number of methoxy groups -OCH3 is 1. The molecule has 0 bridgehead atoms. The van der Waals surface area contributed by atoms with Crippen molar-refractivity contribution in [2.45, 2.75) is 40.7 Å². The number of thiophene rings is 1. The lowest BCUT2D eigenvalue weighted by molar-refractivity contribution is -0.111. The van der Waals surface area contributed by atoms with Gasteiger partial charge in [-0.05, 0) is 75.1 Å². The van der Waals surface area contributed by atoms with Crippen molar-refractivity contribution in [3.63, 3.8) is 0 Å². The third kappa shape index (κ3) is 6.51. The van der Waals surface area contributed by atoms with Gasteiger partial charge in [0.15, 0.2) is 11.5 Å². The molecule has 0 atom stereocenters. The summed E-state index contributed by atoms with van der Waals surface area (Å²) in [5.74, 6) is 0.403. The maximum Gasteiger partial charge on any atom is 0.341 e. The monoisotopic (exact) mass is 493 g/mol. The summed E-state index contributed by atoms with van der Waals surface area (Å²) in [6.45, 7) is 9.95. The average Bonchev–Trinajstić information content (AvgIpc) is 3.23. The first-order valence-corrected chi connectivity index (χ1v) is 12.3. The summed E-state index contributed by atoms with van der Waals surface area (Å²) in [4.78, 5) is 25.5. The van der Waals surface area contributed by atoms with Gasteiger partial charge in [-0.1, -0.05) is 24.3 Å². The molecular formula is C28H31NO5S. The van der Waals surface area contributed by atoms with E-state index in [9.17, 15) is 9.59 Å². The highest BCUT2D eigenvalue weighted by Gasteiger charge is 2.22. The highest BCUT2D eigenvalue weighted by molar-refractivity contribution is 7.15. The van der Waals surface area contributed by atoms with Crippen molar-refractivity contribution in [2.75, 3.05) is 19.0 Å². The van der Waals surface area contributed by atoms with Gasteiger partial charge in [0.1, 0.15) is 10.6 Å². The second kappa shape index (κ2) is 11.7. The molecule has 1 N–H and O–H groups in total. The smallest absolute Gasteiger partial charge is 0.341 e. The molecule has 0 radical (unpaired) electrons. The summed E-state index contributed by atoms with van der Waals surface area (Å²) >= 11 is 1.30. The van der Waals surface area contributed by atoms with Gasteiger partial charge < -0.3 is 19.5 Å². The fourth-order valence-electron chi connectivity index (χ4n) is 3.44. The molecule has 0 aliphatic carbocycles. The van der Waals surface area contributed by atoms with Crippen molar-refractivity contribution >= 4 is 34.3 Å². The van der Waals surface area contributed by atoms with Crippen LogP contribution in [0.25, 0.3) is 17.2 Å². The Labute approximate surface area is 210 Å². The Morgan fingerprint density at radius 2 is 1.83 bits per heavy atom. The Hall–Kier alpha value is -3.58. The Balaban J connectivity index is 1.85. The predicted molar refractivity (Wildman–Crippen MR) is 142 cm³/mol. The number of rotatable bonds is 9. The quantitative estimate of drug-likeness (QED) is 0.267. The molecule has 2 aromatic carbocycles. The first kappa shape index (κ1) is 26.0. The second-order valence-corrected chi connectivity index (χ2v) is 9.15. The van der Waals surface area contributed by atoms with Crippen LogP contribution in [0.5, 0.6) is 11.5 Å². The highest BCUT2D eigenvalue weighted by atomic mass is 32.1. The van der Waals surface area contributed by atoms with E-state index in [0.717, 1.165) is 22.3 Å². The van der Waals surface area contributed by atoms with Gasteiger partial charge in [-0.15, -0.1) is 11.3 Å². The molecule has 0 saturated heterocycles. The normalized spacial score (nSPS) is 11.1. The fraction of sp³-hybridized carbons (Fsp3) is 0.286. The molecule has 7 heteroatoms. The number of hydrogen-bond donors (Lipinski definition) is 1. The summed E-state index contributed by atoms with van der Waals surface area (Å²) in [7, 11) is 1.57. The molecule has 184 valence electrons. The molecule has 1 aromatic heterocycles. The summed E-state index contributed by atoms with van der Waals surface area (Å²) in [6, 6.07) is 11.5. The van der Waals surface area contributed by atoms with E-state index in [0.29, 0.717) is 22.1 Å². The molecule has 0 saturated carbocycles. The van der Waals surface area contributed by atoms with Crippen molar-refractivity contribution in [2.24, 2.45) is 0 Å². The van der Waals surface area contributed by atoms with Gasteiger partial charge in [-0.3, -0.25) is 4.79 Å². The lowest BCUT2D eigenvalue weighted by Gasteiger charge is -2.13. The van der Waals surface area contributed by atoms with Crippen LogP contribution >= 0.6 is 11.3 Å². The molecule has 3 aromatic rings. The third-order valence-corrected chi connectivity index (χ3v) is 6.20. The van der Waals surface area contributed by atoms with Crippen LogP contribution in [0.4, 0.5) is 5.00 Å². The Kier molecular flexibility index (Phi) is 8.71. The van der Waals surface area contributed by atoms with Crippen LogP contribution in [0.3, 0.4) is 0 Å². The molecule has 0 fully saturated rings. The highest BCUT2D eigenvalue weighted by Crippen LogP contribution is 2.37. The van der Waals surface area contributed by atoms with Gasteiger partial charge in [0.05, 0.1) is 19.8 Å². The zero-order chi connectivity index (χ0) is 25.5. The van der Waals surface area contributed by atoms with Gasteiger partial charge in [-0.2, -0.15) is 0 Å². The first-order valence-electron chi connectivity index (χ1n) is 11.4. The second-order valence-electron chi connectivity index (χ2n) is 8.27. The number of anilines is 1. The van der Waals surface area contributed by atoms with Crippen LogP contribution in [0.2, 0.25) is 0 Å². The molecule has 3 rings (SSSR count). The molecular weight excluding hydrogens is 462 g/mol. The minimum Gasteiger partial charge on any atom is -0.493 e. The molecule has 1 heterocycles. The van der Waals surface area contributed by atoms with E-state index in [4.69, 9.17) is 14.2 Å². The number of esters is 1. The lowest BCUT2D eigenvalue weighted by atomic mass is 9.99. The third-order valence-electron chi connectivity index (χ3n) is 5.30. The average molecular weight is 494 g/mol. The first-order chi connectivity index (χ1) is 16.7. The SMILES string of the molecule is CCOC(=O)c1c(-c2ccc(C)c(C)c2)csc1NC(=O)C=Cc1ccc(OC(C)C)c(OC)c1. The van der Waals surface area contributed by atoms with Crippen LogP contribution in [-0.4, -0.2) is 31.7 Å². The maximum absolute atomic E-state index is 12.8. The largest absolute Gasteiger partial charge is 0.493 e. The van der Waals surface area contributed by atoms with Crippen molar-refractivity contribution in [1.82, 2.24) is 0 Å². The van der Waals surface area contributed by atoms with Crippen LogP contribution in [0, 0.1) is 13.8 Å². The minimum atomic E-state index is -0.466. The van der Waals surface area contributed by atoms with E-state index < -0.39 is 5.97 Å². The van der Waals surface area contributed by atoms with E-state index >= 15 is 0 Å². The molecule has 0 aliphatic heterocycles. The molecule has 0 unspecified atom stereocenters. The van der Waals surface area contributed by atoms with Crippen LogP contribution in [-0.2, 0) is 9.53 Å². The Morgan fingerprint density at radius 3 is 2.49 bits per heavy atom. The van der Waals surface area contributed by atoms with E-state index in [-0.39, 0.29) is 18.6 Å². The van der Waals surface area contributed by atoms with Gasteiger partial charge in [0.25, 0.3) is 0 Å². The summed E-state index contributed by atoms with van der Waals surface area (Å²) in [5, 5.41) is 5.16. The number of carbonyl (C=O) groups excluding carboxylic acids is 2. The Morgan fingerprint density at radius 1 is 1.06 bits per heavy atom. The number of amides is 1. The van der Waals surface area contributed by atoms with E-state index in [1.165, 1.54) is 23.0 Å². The predicted octanol–water partition coefficient (Wildman–Crippen LogP) is 6.66. The number of benzene rings is 2. The Bertz CT molecular complexity index is 1240. The van der Waals surface area contributed by atoms with E-state index in [1.54, 1.807) is 26.2 Å². The van der Waals surface area contributed by atoms with Gasteiger partial charge in [-0.25, -0.2) is 4.79 Å². The zero-order valence-corrected chi connectivity index (χ0v) is 21.7.